The van der Waals surface area contributed by atoms with Gasteiger partial charge in [0.15, 0.2) is 0 Å². The zero-order chi connectivity index (χ0) is 13.5. The van der Waals surface area contributed by atoms with Gasteiger partial charge in [0, 0.05) is 6.07 Å². The van der Waals surface area contributed by atoms with E-state index in [1.165, 1.54) is 0 Å². The maximum atomic E-state index is 12.8. The summed E-state index contributed by atoms with van der Waals surface area (Å²) in [7, 11) is 1.14. The minimum Gasteiger partial charge on any atom is -0.496 e. The summed E-state index contributed by atoms with van der Waals surface area (Å²) in [5, 5.41) is -0.117. The Balaban J connectivity index is 2.86. The van der Waals surface area contributed by atoms with Crippen molar-refractivity contribution >= 4 is 10.9 Å². The second kappa shape index (κ2) is 4.01. The molecule has 2 rings (SSSR count). The molecule has 1 heterocycles. The predicted octanol–water partition coefficient (Wildman–Crippen LogP) is 2.26. The SMILES string of the molecule is COc1cc2nc(C)[nH]c(=O)c2cc1C(F)(F)F. The van der Waals surface area contributed by atoms with Gasteiger partial charge >= 0.3 is 6.18 Å². The molecular weight excluding hydrogens is 249 g/mol. The molecule has 0 bridgehead atoms. The second-order valence-corrected chi connectivity index (χ2v) is 3.72. The summed E-state index contributed by atoms with van der Waals surface area (Å²) >= 11 is 0. The fourth-order valence-corrected chi connectivity index (χ4v) is 1.67. The average Bonchev–Trinajstić information content (AvgIpc) is 2.25. The summed E-state index contributed by atoms with van der Waals surface area (Å²) < 4.78 is 43.0. The number of fused-ring (bicyclic) bond motifs is 1. The standard InChI is InChI=1S/C11H9F3N2O2/c1-5-15-8-4-9(18-2)7(11(12,13)14)3-6(8)10(17)16-5/h3-4H,1-2H3,(H,15,16,17). The summed E-state index contributed by atoms with van der Waals surface area (Å²) in [5.74, 6) is -0.0261. The van der Waals surface area contributed by atoms with Crippen molar-refractivity contribution < 1.29 is 17.9 Å². The highest BCUT2D eigenvalue weighted by atomic mass is 19.4. The highest BCUT2D eigenvalue weighted by Gasteiger charge is 2.35. The lowest BCUT2D eigenvalue weighted by Gasteiger charge is -2.12. The number of aromatic nitrogens is 2. The van der Waals surface area contributed by atoms with Crippen molar-refractivity contribution in [2.24, 2.45) is 0 Å². The van der Waals surface area contributed by atoms with E-state index in [4.69, 9.17) is 0 Å². The van der Waals surface area contributed by atoms with Gasteiger partial charge in [0.2, 0.25) is 0 Å². The molecule has 96 valence electrons. The minimum absolute atomic E-state index is 0.117. The fraction of sp³-hybridized carbons (Fsp3) is 0.273. The van der Waals surface area contributed by atoms with Crippen LogP contribution in [0.3, 0.4) is 0 Å². The molecular formula is C11H9F3N2O2. The lowest BCUT2D eigenvalue weighted by molar-refractivity contribution is -0.138. The number of H-pyrrole nitrogens is 1. The van der Waals surface area contributed by atoms with Crippen LogP contribution in [-0.2, 0) is 6.18 Å². The molecule has 4 nitrogen and oxygen atoms in total. The number of nitrogens with zero attached hydrogens (tertiary/aromatic N) is 1. The number of aromatic amines is 1. The van der Waals surface area contributed by atoms with Crippen molar-refractivity contribution in [3.8, 4) is 5.75 Å². The van der Waals surface area contributed by atoms with Gasteiger partial charge in [0.05, 0.1) is 23.6 Å². The molecule has 0 radical (unpaired) electrons. The van der Waals surface area contributed by atoms with E-state index < -0.39 is 17.3 Å². The summed E-state index contributed by atoms with van der Waals surface area (Å²) in [5.41, 5.74) is -1.43. The molecule has 0 atom stereocenters. The Bertz CT molecular complexity index is 662. The first kappa shape index (κ1) is 12.4. The van der Waals surface area contributed by atoms with Crippen LogP contribution in [0.4, 0.5) is 13.2 Å². The Hall–Kier alpha value is -2.05. The van der Waals surface area contributed by atoms with Crippen LogP contribution in [0.25, 0.3) is 10.9 Å². The van der Waals surface area contributed by atoms with Crippen molar-refractivity contribution in [3.05, 3.63) is 33.9 Å². The summed E-state index contributed by atoms with van der Waals surface area (Å²) in [6, 6.07) is 1.86. The van der Waals surface area contributed by atoms with Gasteiger partial charge < -0.3 is 9.72 Å². The lowest BCUT2D eigenvalue weighted by Crippen LogP contribution is -2.13. The molecule has 1 aromatic heterocycles. The number of ether oxygens (including phenoxy) is 1. The van der Waals surface area contributed by atoms with E-state index in [1.54, 1.807) is 6.92 Å². The number of benzene rings is 1. The smallest absolute Gasteiger partial charge is 0.419 e. The molecule has 18 heavy (non-hydrogen) atoms. The van der Waals surface area contributed by atoms with E-state index in [2.05, 4.69) is 14.7 Å². The third kappa shape index (κ3) is 2.03. The third-order valence-corrected chi connectivity index (χ3v) is 2.45. The molecule has 7 heteroatoms. The maximum absolute atomic E-state index is 12.8. The van der Waals surface area contributed by atoms with Crippen LogP contribution in [0.1, 0.15) is 11.4 Å². The Morgan fingerprint density at radius 3 is 2.56 bits per heavy atom. The number of alkyl halides is 3. The monoisotopic (exact) mass is 258 g/mol. The molecule has 0 spiro atoms. The summed E-state index contributed by atoms with van der Waals surface area (Å²) in [4.78, 5) is 17.9. The highest BCUT2D eigenvalue weighted by Crippen LogP contribution is 2.37. The van der Waals surface area contributed by atoms with E-state index >= 15 is 0 Å². The van der Waals surface area contributed by atoms with Gasteiger partial charge in [-0.2, -0.15) is 13.2 Å². The molecule has 1 N–H and O–H groups in total. The van der Waals surface area contributed by atoms with E-state index in [0.29, 0.717) is 5.82 Å². The molecule has 0 saturated heterocycles. The van der Waals surface area contributed by atoms with Gasteiger partial charge in [-0.1, -0.05) is 0 Å². The molecule has 0 fully saturated rings. The first-order valence-corrected chi connectivity index (χ1v) is 4.99. The van der Waals surface area contributed by atoms with E-state index in [9.17, 15) is 18.0 Å². The quantitative estimate of drug-likeness (QED) is 0.853. The van der Waals surface area contributed by atoms with Gasteiger partial charge in [-0.15, -0.1) is 0 Å². The molecule has 0 saturated carbocycles. The first-order valence-electron chi connectivity index (χ1n) is 4.99. The Kier molecular flexibility index (Phi) is 2.76. The zero-order valence-electron chi connectivity index (χ0n) is 9.55. The van der Waals surface area contributed by atoms with Crippen LogP contribution in [0.15, 0.2) is 16.9 Å². The molecule has 0 amide bonds. The number of halogens is 3. The summed E-state index contributed by atoms with van der Waals surface area (Å²) in [6.07, 6.45) is -4.59. The van der Waals surface area contributed by atoms with Crippen molar-refractivity contribution in [2.45, 2.75) is 13.1 Å². The van der Waals surface area contributed by atoms with E-state index in [1.807, 2.05) is 0 Å². The topological polar surface area (TPSA) is 55.0 Å². The van der Waals surface area contributed by atoms with Crippen LogP contribution in [-0.4, -0.2) is 17.1 Å². The van der Waals surface area contributed by atoms with Crippen molar-refractivity contribution in [1.29, 1.82) is 0 Å². The zero-order valence-corrected chi connectivity index (χ0v) is 9.55. The van der Waals surface area contributed by atoms with Crippen LogP contribution in [0.5, 0.6) is 5.75 Å². The number of hydrogen-bond acceptors (Lipinski definition) is 3. The number of aryl methyl sites for hydroxylation is 1. The number of methoxy groups -OCH3 is 1. The Morgan fingerprint density at radius 2 is 2.00 bits per heavy atom. The van der Waals surface area contributed by atoms with Gasteiger partial charge in [0.1, 0.15) is 11.6 Å². The Morgan fingerprint density at radius 1 is 1.33 bits per heavy atom. The van der Waals surface area contributed by atoms with Crippen molar-refractivity contribution in [3.63, 3.8) is 0 Å². The van der Waals surface area contributed by atoms with Gasteiger partial charge in [-0.05, 0) is 13.0 Å². The van der Waals surface area contributed by atoms with Gasteiger partial charge in [-0.25, -0.2) is 4.98 Å². The molecule has 2 aromatic rings. The van der Waals surface area contributed by atoms with Crippen molar-refractivity contribution in [2.75, 3.05) is 7.11 Å². The fourth-order valence-electron chi connectivity index (χ4n) is 1.67. The van der Waals surface area contributed by atoms with Crippen LogP contribution in [0.2, 0.25) is 0 Å². The van der Waals surface area contributed by atoms with Crippen LogP contribution >= 0.6 is 0 Å². The number of nitrogens with one attached hydrogen (secondary N) is 1. The highest BCUT2D eigenvalue weighted by molar-refractivity contribution is 5.80. The molecule has 0 aliphatic carbocycles. The van der Waals surface area contributed by atoms with Crippen molar-refractivity contribution in [1.82, 2.24) is 9.97 Å². The second-order valence-electron chi connectivity index (χ2n) is 3.72. The summed E-state index contributed by atoms with van der Waals surface area (Å²) in [6.45, 7) is 1.55. The van der Waals surface area contributed by atoms with Crippen LogP contribution in [0, 0.1) is 6.92 Å². The van der Waals surface area contributed by atoms with Gasteiger partial charge in [-0.3, -0.25) is 4.79 Å². The van der Waals surface area contributed by atoms with E-state index in [-0.39, 0.29) is 16.7 Å². The molecule has 1 aromatic carbocycles. The number of hydrogen-bond donors (Lipinski definition) is 1. The molecule has 0 aliphatic heterocycles. The van der Waals surface area contributed by atoms with Crippen LogP contribution < -0.4 is 10.3 Å². The predicted molar refractivity (Wildman–Crippen MR) is 58.7 cm³/mol. The minimum atomic E-state index is -4.59. The average molecular weight is 258 g/mol. The largest absolute Gasteiger partial charge is 0.496 e. The molecule has 0 unspecified atom stereocenters. The molecule has 0 aliphatic rings. The van der Waals surface area contributed by atoms with E-state index in [0.717, 1.165) is 19.2 Å². The third-order valence-electron chi connectivity index (χ3n) is 2.45. The normalized spacial score (nSPS) is 11.8. The number of rotatable bonds is 1. The van der Waals surface area contributed by atoms with Gasteiger partial charge in [0.25, 0.3) is 5.56 Å². The lowest BCUT2D eigenvalue weighted by atomic mass is 10.1. The first-order chi connectivity index (χ1) is 8.32. The Labute approximate surface area is 99.4 Å². The maximum Gasteiger partial charge on any atom is 0.419 e.